The molecule has 1 aromatic heterocycles. The molecule has 2 aliphatic rings. The van der Waals surface area contributed by atoms with Gasteiger partial charge in [-0.3, -0.25) is 9.78 Å². The van der Waals surface area contributed by atoms with Crippen LogP contribution in [0.5, 0.6) is 0 Å². The van der Waals surface area contributed by atoms with Gasteiger partial charge in [0.1, 0.15) is 11.0 Å². The van der Waals surface area contributed by atoms with Crippen LogP contribution < -0.4 is 15.4 Å². The Hall–Kier alpha value is -2.61. The number of benzene rings is 2. The molecule has 3 atom stereocenters. The smallest absolute Gasteiger partial charge is 0.211 e. The lowest BCUT2D eigenvalue weighted by Crippen LogP contribution is -2.40. The zero-order chi connectivity index (χ0) is 24.3. The molecule has 6 nitrogen and oxygen atoms in total. The lowest BCUT2D eigenvalue weighted by molar-refractivity contribution is -0.105. The van der Waals surface area contributed by atoms with Crippen molar-refractivity contribution in [1.82, 2.24) is 15.0 Å². The Labute approximate surface area is 205 Å². The fourth-order valence-corrected chi connectivity index (χ4v) is 5.08. The fraction of sp³-hybridized carbons (Fsp3) is 0.407. The van der Waals surface area contributed by atoms with Crippen molar-refractivity contribution in [3.05, 3.63) is 66.5 Å². The first-order chi connectivity index (χ1) is 16.6. The second kappa shape index (κ2) is 13.3. The predicted molar refractivity (Wildman–Crippen MR) is 141 cm³/mol. The average Bonchev–Trinajstić information content (AvgIpc) is 3.63. The van der Waals surface area contributed by atoms with E-state index in [9.17, 15) is 9.00 Å². The zero-order valence-electron chi connectivity index (χ0n) is 20.3. The van der Waals surface area contributed by atoms with Crippen LogP contribution in [0.2, 0.25) is 0 Å². The van der Waals surface area contributed by atoms with E-state index in [-0.39, 0.29) is 0 Å². The lowest BCUT2D eigenvalue weighted by Gasteiger charge is -2.23. The van der Waals surface area contributed by atoms with Crippen LogP contribution in [0.3, 0.4) is 0 Å². The number of fused-ring (bicyclic) bond motifs is 1. The number of carbonyl (C=O) groups is 1. The van der Waals surface area contributed by atoms with Crippen molar-refractivity contribution in [2.45, 2.75) is 56.9 Å². The molecule has 3 N–H and O–H groups in total. The number of anilines is 1. The Bertz CT molecular complexity index is 1070. The Balaban J connectivity index is 0.000000189. The molecule has 1 aliphatic heterocycles. The Morgan fingerprint density at radius 3 is 2.38 bits per heavy atom. The third-order valence-electron chi connectivity index (χ3n) is 6.11. The average molecular weight is 481 g/mol. The van der Waals surface area contributed by atoms with Gasteiger partial charge >= 0.3 is 0 Å². The molecule has 0 radical (unpaired) electrons. The van der Waals surface area contributed by atoms with Crippen molar-refractivity contribution in [1.29, 1.82) is 0 Å². The number of hydrogen-bond donors (Lipinski definition) is 3. The minimum Gasteiger partial charge on any atom is -0.329 e. The maximum Gasteiger partial charge on any atom is 0.211 e. The van der Waals surface area contributed by atoms with Gasteiger partial charge < -0.3 is 10.6 Å². The van der Waals surface area contributed by atoms with Crippen LogP contribution in [-0.2, 0) is 15.8 Å². The van der Waals surface area contributed by atoms with Crippen LogP contribution in [0.25, 0.3) is 10.8 Å². The fourth-order valence-electron chi connectivity index (χ4n) is 4.03. The zero-order valence-corrected chi connectivity index (χ0v) is 21.1. The first kappa shape index (κ1) is 26.0. The first-order valence-corrected chi connectivity index (χ1v) is 13.3. The molecule has 1 saturated carbocycles. The molecule has 2 fully saturated rings. The Morgan fingerprint density at radius 1 is 1.03 bits per heavy atom. The highest BCUT2D eigenvalue weighted by atomic mass is 32.2. The summed E-state index contributed by atoms with van der Waals surface area (Å²) in [5.74, 6) is 1.56. The van der Waals surface area contributed by atoms with Gasteiger partial charge in [-0.15, -0.1) is 0 Å². The summed E-state index contributed by atoms with van der Waals surface area (Å²) in [6.45, 7) is 8.33. The van der Waals surface area contributed by atoms with Crippen molar-refractivity contribution in [3.8, 4) is 0 Å². The van der Waals surface area contributed by atoms with Crippen molar-refractivity contribution in [2.75, 3.05) is 18.4 Å². The second-order valence-electron chi connectivity index (χ2n) is 8.50. The molecule has 34 heavy (non-hydrogen) atoms. The standard InChI is InChI=1S/C15H22N2OS.C10H8N2O.C2H6/c1-11-10-15(11)12-2-4-14(5-3-12)19(18)17-13-6-8-16-9-7-13;13-7-12-10-2-1-9-6-11-4-3-8(9)5-10;1-2/h2-5,11,13,15-17H,6-10H2,1H3;1-7H,(H,12,13);1-2H3/t11?,15-,19?;;/m1../s1. The van der Waals surface area contributed by atoms with E-state index in [1.165, 1.54) is 12.0 Å². The van der Waals surface area contributed by atoms with E-state index in [4.69, 9.17) is 0 Å². The van der Waals surface area contributed by atoms with Gasteiger partial charge in [0.05, 0.1) is 4.90 Å². The number of pyridine rings is 1. The predicted octanol–water partition coefficient (Wildman–Crippen LogP) is 5.00. The number of piperidine rings is 1. The van der Waals surface area contributed by atoms with Crippen molar-refractivity contribution in [2.24, 2.45) is 5.92 Å². The summed E-state index contributed by atoms with van der Waals surface area (Å²) in [6, 6.07) is 16.3. The summed E-state index contributed by atoms with van der Waals surface area (Å²) in [6.07, 6.45) is 7.61. The first-order valence-electron chi connectivity index (χ1n) is 12.2. The molecule has 2 unspecified atom stereocenters. The second-order valence-corrected chi connectivity index (χ2v) is 9.74. The van der Waals surface area contributed by atoms with Crippen LogP contribution in [0.1, 0.15) is 51.5 Å². The topological polar surface area (TPSA) is 83.1 Å². The van der Waals surface area contributed by atoms with E-state index in [1.807, 2.05) is 50.2 Å². The minimum atomic E-state index is -1.07. The largest absolute Gasteiger partial charge is 0.329 e. The molecule has 0 spiro atoms. The van der Waals surface area contributed by atoms with Gasteiger partial charge in [-0.25, -0.2) is 8.93 Å². The molecular weight excluding hydrogens is 444 g/mol. The summed E-state index contributed by atoms with van der Waals surface area (Å²) in [7, 11) is -1.07. The van der Waals surface area contributed by atoms with Gasteiger partial charge in [0.15, 0.2) is 0 Å². The number of rotatable bonds is 6. The SMILES string of the molecule is CC.CC1C[C@H]1c1ccc(S(=O)NC2CCNCC2)cc1.O=CNc1ccc2cnccc2c1. The van der Waals surface area contributed by atoms with Crippen LogP contribution in [0.4, 0.5) is 5.69 Å². The van der Waals surface area contributed by atoms with Crippen LogP contribution in [-0.4, -0.2) is 34.7 Å². The van der Waals surface area contributed by atoms with Crippen LogP contribution >= 0.6 is 0 Å². The molecule has 1 saturated heterocycles. The summed E-state index contributed by atoms with van der Waals surface area (Å²) in [4.78, 5) is 15.1. The van der Waals surface area contributed by atoms with Crippen molar-refractivity contribution < 1.29 is 9.00 Å². The third-order valence-corrected chi connectivity index (χ3v) is 7.36. The summed E-state index contributed by atoms with van der Waals surface area (Å²) in [5.41, 5.74) is 2.20. The molecule has 1 amide bonds. The number of aromatic nitrogens is 1. The molecule has 2 heterocycles. The summed E-state index contributed by atoms with van der Waals surface area (Å²) >= 11 is 0. The van der Waals surface area contributed by atoms with Gasteiger partial charge in [-0.05, 0) is 85.5 Å². The lowest BCUT2D eigenvalue weighted by atomic mass is 10.1. The highest BCUT2D eigenvalue weighted by molar-refractivity contribution is 7.83. The van der Waals surface area contributed by atoms with E-state index >= 15 is 0 Å². The van der Waals surface area contributed by atoms with Gasteiger partial charge in [-0.2, -0.15) is 0 Å². The Morgan fingerprint density at radius 2 is 1.74 bits per heavy atom. The van der Waals surface area contributed by atoms with Gasteiger partial charge in [0, 0.05) is 29.5 Å². The van der Waals surface area contributed by atoms with E-state index in [2.05, 4.69) is 39.4 Å². The number of nitrogens with one attached hydrogen (secondary N) is 3. The molecule has 182 valence electrons. The molecule has 2 aromatic carbocycles. The number of hydrogen-bond acceptors (Lipinski definition) is 4. The maximum atomic E-state index is 12.3. The molecule has 1 aliphatic carbocycles. The molecule has 7 heteroatoms. The number of nitrogens with zero attached hydrogens (tertiary/aromatic N) is 1. The molecule has 0 bridgehead atoms. The van der Waals surface area contributed by atoms with Crippen LogP contribution in [0, 0.1) is 5.92 Å². The van der Waals surface area contributed by atoms with Gasteiger partial charge in [0.25, 0.3) is 0 Å². The highest BCUT2D eigenvalue weighted by Crippen LogP contribution is 2.46. The summed E-state index contributed by atoms with van der Waals surface area (Å²) in [5, 5.41) is 8.06. The van der Waals surface area contributed by atoms with Crippen LogP contribution in [0.15, 0.2) is 65.8 Å². The summed E-state index contributed by atoms with van der Waals surface area (Å²) < 4.78 is 15.5. The number of amides is 1. The van der Waals surface area contributed by atoms with Crippen molar-refractivity contribution in [3.63, 3.8) is 0 Å². The molecule has 3 aromatic rings. The normalized spacial score (nSPS) is 20.2. The highest BCUT2D eigenvalue weighted by Gasteiger charge is 2.33. The molecule has 5 rings (SSSR count). The van der Waals surface area contributed by atoms with Crippen molar-refractivity contribution >= 4 is 33.9 Å². The quantitative estimate of drug-likeness (QED) is 0.434. The monoisotopic (exact) mass is 480 g/mol. The van der Waals surface area contributed by atoms with E-state index in [0.717, 1.165) is 59.1 Å². The van der Waals surface area contributed by atoms with E-state index in [1.54, 1.807) is 12.4 Å². The molecular formula is C27H36N4O2S. The maximum absolute atomic E-state index is 12.3. The van der Waals surface area contributed by atoms with E-state index in [0.29, 0.717) is 12.5 Å². The minimum absolute atomic E-state index is 0.380. The van der Waals surface area contributed by atoms with E-state index < -0.39 is 11.0 Å². The number of carbonyl (C=O) groups excluding carboxylic acids is 1. The van der Waals surface area contributed by atoms with Gasteiger partial charge in [0.2, 0.25) is 6.41 Å². The van der Waals surface area contributed by atoms with Gasteiger partial charge in [-0.1, -0.05) is 39.0 Å². The Kier molecular flexibility index (Phi) is 10.2. The third kappa shape index (κ3) is 7.45.